The van der Waals surface area contributed by atoms with Crippen LogP contribution in [0.2, 0.25) is 0 Å². The lowest BCUT2D eigenvalue weighted by molar-refractivity contribution is 0.593. The summed E-state index contributed by atoms with van der Waals surface area (Å²) in [6.07, 6.45) is 10.1. The smallest absolute Gasteiger partial charge is 0.115 e. The number of hydrogen-bond acceptors (Lipinski definition) is 3. The molecule has 0 saturated carbocycles. The molecular weight excluding hydrogens is 174 g/mol. The van der Waals surface area contributed by atoms with Crippen LogP contribution in [0.15, 0.2) is 18.7 Å². The summed E-state index contributed by atoms with van der Waals surface area (Å²) < 4.78 is 0. The molecule has 1 heterocycles. The summed E-state index contributed by atoms with van der Waals surface area (Å²) in [6.45, 7) is 4.43. The van der Waals surface area contributed by atoms with Gasteiger partial charge in [-0.1, -0.05) is 26.7 Å². The van der Waals surface area contributed by atoms with Crippen molar-refractivity contribution in [2.24, 2.45) is 0 Å². The number of anilines is 1. The molecule has 0 spiro atoms. The van der Waals surface area contributed by atoms with Gasteiger partial charge in [0.25, 0.3) is 0 Å². The third-order valence-corrected chi connectivity index (χ3v) is 2.33. The van der Waals surface area contributed by atoms with Crippen LogP contribution in [0.3, 0.4) is 0 Å². The van der Waals surface area contributed by atoms with E-state index in [4.69, 9.17) is 0 Å². The minimum absolute atomic E-state index is 0.556. The molecule has 0 radical (unpaired) electrons. The molecule has 0 fully saturated rings. The molecule has 3 heteroatoms. The first-order valence-corrected chi connectivity index (χ1v) is 5.38. The fraction of sp³-hybridized carbons (Fsp3) is 0.636. The van der Waals surface area contributed by atoms with Crippen LogP contribution < -0.4 is 5.32 Å². The maximum absolute atomic E-state index is 3.98. The molecule has 0 aromatic carbocycles. The van der Waals surface area contributed by atoms with E-state index in [2.05, 4.69) is 29.1 Å². The Hall–Kier alpha value is -1.12. The molecule has 1 atom stereocenters. The van der Waals surface area contributed by atoms with Gasteiger partial charge in [0.2, 0.25) is 0 Å². The van der Waals surface area contributed by atoms with Crippen molar-refractivity contribution >= 4 is 5.69 Å². The monoisotopic (exact) mass is 193 g/mol. The van der Waals surface area contributed by atoms with Gasteiger partial charge in [-0.3, -0.25) is 0 Å². The fourth-order valence-electron chi connectivity index (χ4n) is 1.44. The predicted molar refractivity (Wildman–Crippen MR) is 59.3 cm³/mol. The summed E-state index contributed by atoms with van der Waals surface area (Å²) in [7, 11) is 0. The second-order valence-electron chi connectivity index (χ2n) is 3.52. The zero-order valence-corrected chi connectivity index (χ0v) is 9.03. The normalized spacial score (nSPS) is 12.4. The van der Waals surface area contributed by atoms with Gasteiger partial charge in [0.15, 0.2) is 0 Å². The van der Waals surface area contributed by atoms with Crippen molar-refractivity contribution < 1.29 is 0 Å². The number of unbranched alkanes of at least 4 members (excludes halogenated alkanes) is 1. The van der Waals surface area contributed by atoms with Crippen molar-refractivity contribution in [3.8, 4) is 0 Å². The summed E-state index contributed by atoms with van der Waals surface area (Å²) >= 11 is 0. The third-order valence-electron chi connectivity index (χ3n) is 2.33. The Kier molecular flexibility index (Phi) is 4.97. The molecule has 0 saturated heterocycles. The average molecular weight is 193 g/mol. The van der Waals surface area contributed by atoms with E-state index in [0.717, 1.165) is 12.1 Å². The quantitative estimate of drug-likeness (QED) is 0.755. The first-order valence-electron chi connectivity index (χ1n) is 5.38. The molecule has 0 amide bonds. The van der Waals surface area contributed by atoms with Gasteiger partial charge in [0, 0.05) is 6.04 Å². The van der Waals surface area contributed by atoms with Crippen LogP contribution in [-0.2, 0) is 0 Å². The highest BCUT2D eigenvalue weighted by Gasteiger charge is 2.04. The van der Waals surface area contributed by atoms with E-state index in [9.17, 15) is 0 Å². The van der Waals surface area contributed by atoms with E-state index in [1.165, 1.54) is 19.3 Å². The predicted octanol–water partition coefficient (Wildman–Crippen LogP) is 2.86. The summed E-state index contributed by atoms with van der Waals surface area (Å²) in [5.74, 6) is 0. The Labute approximate surface area is 86.0 Å². The minimum atomic E-state index is 0.556. The Balaban J connectivity index is 2.40. The molecule has 0 bridgehead atoms. The highest BCUT2D eigenvalue weighted by Crippen LogP contribution is 2.11. The van der Waals surface area contributed by atoms with Crippen molar-refractivity contribution in [2.45, 2.75) is 45.6 Å². The largest absolute Gasteiger partial charge is 0.380 e. The zero-order chi connectivity index (χ0) is 10.2. The summed E-state index contributed by atoms with van der Waals surface area (Å²) in [5.41, 5.74) is 1.02. The lowest BCUT2D eigenvalue weighted by atomic mass is 10.1. The maximum Gasteiger partial charge on any atom is 0.115 e. The van der Waals surface area contributed by atoms with Crippen LogP contribution in [-0.4, -0.2) is 16.0 Å². The number of hydrogen-bond donors (Lipinski definition) is 1. The highest BCUT2D eigenvalue weighted by atomic mass is 15.0. The van der Waals surface area contributed by atoms with E-state index < -0.39 is 0 Å². The summed E-state index contributed by atoms with van der Waals surface area (Å²) in [4.78, 5) is 7.96. The van der Waals surface area contributed by atoms with Gasteiger partial charge in [0.1, 0.15) is 6.33 Å². The molecule has 1 unspecified atom stereocenters. The molecule has 78 valence electrons. The first kappa shape index (κ1) is 11.0. The minimum Gasteiger partial charge on any atom is -0.380 e. The Morgan fingerprint density at radius 3 is 2.57 bits per heavy atom. The van der Waals surface area contributed by atoms with Crippen molar-refractivity contribution in [2.75, 3.05) is 5.32 Å². The summed E-state index contributed by atoms with van der Waals surface area (Å²) in [6, 6.07) is 0.556. The Morgan fingerprint density at radius 2 is 2.00 bits per heavy atom. The number of nitrogens with zero attached hydrogens (tertiary/aromatic N) is 2. The van der Waals surface area contributed by atoms with E-state index in [1.807, 2.05) is 12.4 Å². The van der Waals surface area contributed by atoms with Crippen molar-refractivity contribution in [3.05, 3.63) is 18.7 Å². The van der Waals surface area contributed by atoms with Gasteiger partial charge in [-0.25, -0.2) is 9.97 Å². The summed E-state index contributed by atoms with van der Waals surface area (Å²) in [5, 5.41) is 3.44. The SMILES string of the molecule is CCCCC(CC)Nc1cncnc1. The van der Waals surface area contributed by atoms with Crippen molar-refractivity contribution in [1.29, 1.82) is 0 Å². The van der Waals surface area contributed by atoms with Crippen LogP contribution in [0.1, 0.15) is 39.5 Å². The second-order valence-corrected chi connectivity index (χ2v) is 3.52. The average Bonchev–Trinajstić information content (AvgIpc) is 2.25. The van der Waals surface area contributed by atoms with Gasteiger partial charge < -0.3 is 5.32 Å². The van der Waals surface area contributed by atoms with E-state index in [0.29, 0.717) is 6.04 Å². The lowest BCUT2D eigenvalue weighted by Crippen LogP contribution is -2.18. The molecule has 0 aliphatic carbocycles. The highest BCUT2D eigenvalue weighted by molar-refractivity contribution is 5.38. The standard InChI is InChI=1S/C11H19N3/c1-3-5-6-10(4-2)14-11-7-12-9-13-8-11/h7-10,14H,3-6H2,1-2H3. The van der Waals surface area contributed by atoms with E-state index in [-0.39, 0.29) is 0 Å². The van der Waals surface area contributed by atoms with Gasteiger partial charge >= 0.3 is 0 Å². The van der Waals surface area contributed by atoms with Gasteiger partial charge in [-0.15, -0.1) is 0 Å². The molecule has 3 nitrogen and oxygen atoms in total. The van der Waals surface area contributed by atoms with E-state index >= 15 is 0 Å². The van der Waals surface area contributed by atoms with Crippen LogP contribution in [0.5, 0.6) is 0 Å². The molecule has 0 aliphatic rings. The van der Waals surface area contributed by atoms with Crippen LogP contribution in [0.25, 0.3) is 0 Å². The first-order chi connectivity index (χ1) is 6.86. The molecule has 1 rings (SSSR count). The number of rotatable bonds is 6. The maximum atomic E-state index is 3.98. The molecular formula is C11H19N3. The van der Waals surface area contributed by atoms with Crippen LogP contribution in [0, 0.1) is 0 Å². The van der Waals surface area contributed by atoms with Gasteiger partial charge in [-0.05, 0) is 12.8 Å². The Bertz CT molecular complexity index is 236. The number of nitrogens with one attached hydrogen (secondary N) is 1. The molecule has 0 aliphatic heterocycles. The van der Waals surface area contributed by atoms with Crippen LogP contribution in [0.4, 0.5) is 5.69 Å². The van der Waals surface area contributed by atoms with Gasteiger partial charge in [-0.2, -0.15) is 0 Å². The number of aromatic nitrogens is 2. The molecule has 1 aromatic heterocycles. The molecule has 14 heavy (non-hydrogen) atoms. The van der Waals surface area contributed by atoms with E-state index in [1.54, 1.807) is 6.33 Å². The topological polar surface area (TPSA) is 37.8 Å². The molecule has 1 N–H and O–H groups in total. The van der Waals surface area contributed by atoms with Gasteiger partial charge in [0.05, 0.1) is 18.1 Å². The second kappa shape index (κ2) is 6.35. The third kappa shape index (κ3) is 3.73. The van der Waals surface area contributed by atoms with Crippen molar-refractivity contribution in [1.82, 2.24) is 9.97 Å². The zero-order valence-electron chi connectivity index (χ0n) is 9.03. The molecule has 1 aromatic rings. The fourth-order valence-corrected chi connectivity index (χ4v) is 1.44. The lowest BCUT2D eigenvalue weighted by Gasteiger charge is -2.17. The Morgan fingerprint density at radius 1 is 1.29 bits per heavy atom. The van der Waals surface area contributed by atoms with Crippen LogP contribution >= 0.6 is 0 Å². The van der Waals surface area contributed by atoms with Crippen molar-refractivity contribution in [3.63, 3.8) is 0 Å².